The molecule has 47 heteroatoms. The molecule has 0 heterocycles. The second-order valence-electron chi connectivity index (χ2n) is 20.6. The fraction of sp³-hybridized carbons (Fsp3) is 0. The Hall–Kier alpha value is -10.8. The Labute approximate surface area is 580 Å². The first-order chi connectivity index (χ1) is 47.5. The second kappa shape index (κ2) is 29.3. The van der Waals surface area contributed by atoms with Crippen molar-refractivity contribution in [2.45, 2.75) is 29.4 Å². The molecule has 9 N–H and O–H groups in total. The van der Waals surface area contributed by atoms with E-state index in [-0.39, 0.29) is 25.7 Å². The standard InChI is InChI=1S/C56H40N8O31S8/c65-60(44-20-12-36(52(28-44)99(81,82)83)4-3-35-11-19-43(27-51(35)98(78,79)80)59-62(67)46-22-14-38(54(30-46)101(87,88)89)6-8-40-16-24-48(64(70)71)32-56(40)103(93,94)95)57-41-17-9-33(49(25-41)96(72,73)74)1-2-34-10-18-42(26-50(34)97(75,76)77)58-61(66)45-21-13-37(53(29-45)100(84,85)86)5-7-39-15-23-47(63(68)69)31-55(39)102(90,91)92/h1-32H,(H8-,72,73,74,75,76,77,78,79,80,81,82,83,84,85,86,87,88,89,90,91,92,93,94,95)/p+1/b2-1?,7-5+,8-6+,35-3?,36-4?,59-43?,60-57?,61-58?. The van der Waals surface area contributed by atoms with Crippen molar-refractivity contribution in [3.63, 3.8) is 0 Å². The molecule has 538 valence electrons. The summed E-state index contributed by atoms with van der Waals surface area (Å²) in [6.07, 6.45) is 12.1. The average Bonchev–Trinajstić information content (AvgIpc) is 0.800. The molecule has 8 rings (SSSR count). The third kappa shape index (κ3) is 19.4. The zero-order valence-electron chi connectivity index (χ0n) is 50.3. The van der Waals surface area contributed by atoms with Gasteiger partial charge in [0.25, 0.3) is 93.6 Å². The number of hydrogen-bond donors (Lipinski definition) is 9. The highest BCUT2D eigenvalue weighted by Crippen LogP contribution is 2.35. The third-order valence-corrected chi connectivity index (χ3v) is 21.0. The van der Waals surface area contributed by atoms with Crippen LogP contribution in [-0.4, -0.2) is 139 Å². The summed E-state index contributed by atoms with van der Waals surface area (Å²) in [6, 6.07) is 14.3. The van der Waals surface area contributed by atoms with Gasteiger partial charge in [-0.15, -0.1) is 0 Å². The molecular formula is C56H41N8O31S8+. The van der Waals surface area contributed by atoms with Crippen LogP contribution < -0.4 is 0 Å². The Balaban J connectivity index is 1.01. The van der Waals surface area contributed by atoms with Crippen molar-refractivity contribution in [2.24, 2.45) is 10.2 Å². The summed E-state index contributed by atoms with van der Waals surface area (Å²) in [5, 5.41) is 43.1. The van der Waals surface area contributed by atoms with Crippen LogP contribution >= 0.6 is 0 Å². The van der Waals surface area contributed by atoms with Gasteiger partial charge < -0.3 is 10.6 Å². The first-order valence-corrected chi connectivity index (χ1v) is 38.5. The molecule has 0 fully saturated rings. The molecule has 0 saturated heterocycles. The van der Waals surface area contributed by atoms with Gasteiger partial charge in [0.15, 0.2) is 4.87 Å². The number of azo groups is 1. The number of hydrazone groups is 1. The van der Waals surface area contributed by atoms with Crippen molar-refractivity contribution in [1.29, 1.82) is 0 Å². The Bertz CT molecular complexity index is 6120. The third-order valence-electron chi connectivity index (χ3n) is 13.7. The van der Waals surface area contributed by atoms with Gasteiger partial charge in [-0.05, 0) is 99.2 Å². The van der Waals surface area contributed by atoms with Crippen molar-refractivity contribution in [3.8, 4) is 0 Å². The van der Waals surface area contributed by atoms with E-state index in [4.69, 9.17) is 0 Å². The van der Waals surface area contributed by atoms with Crippen LogP contribution in [0, 0.1) is 35.3 Å². The lowest BCUT2D eigenvalue weighted by molar-refractivity contribution is -0.467. The maximum absolute atomic E-state index is 13.5. The number of rotatable bonds is 23. The predicted octanol–water partition coefficient (Wildman–Crippen LogP) is 8.64. The Morgan fingerprint density at radius 2 is 0.738 bits per heavy atom. The summed E-state index contributed by atoms with van der Waals surface area (Å²) in [7, 11) is -41.7. The number of nitrogens with zero attached hydrogens (tertiary/aromatic N) is 8. The van der Waals surface area contributed by atoms with Gasteiger partial charge >= 0.3 is 0 Å². The molecule has 6 aromatic carbocycles. The van der Waals surface area contributed by atoms with Crippen LogP contribution in [0.15, 0.2) is 219 Å². The van der Waals surface area contributed by atoms with Gasteiger partial charge in [-0.25, -0.2) is 4.21 Å². The van der Waals surface area contributed by atoms with E-state index in [1.165, 1.54) is 0 Å². The van der Waals surface area contributed by atoms with Gasteiger partial charge in [0.1, 0.15) is 45.7 Å². The van der Waals surface area contributed by atoms with Crippen LogP contribution in [0.4, 0.5) is 34.1 Å². The molecule has 0 aliphatic heterocycles. The number of hydroxylamine groups is 1. The fourth-order valence-corrected chi connectivity index (χ4v) is 14.7. The van der Waals surface area contributed by atoms with Crippen molar-refractivity contribution in [2.75, 3.05) is 0 Å². The average molecular weight is 1580 g/mol. The van der Waals surface area contributed by atoms with Crippen LogP contribution in [0.1, 0.15) is 33.4 Å². The van der Waals surface area contributed by atoms with E-state index in [1.807, 2.05) is 0 Å². The van der Waals surface area contributed by atoms with E-state index in [2.05, 4.69) is 15.6 Å². The normalized spacial score (nSPS) is 15.7. The maximum Gasteiger partial charge on any atom is 0.296 e. The number of benzene rings is 6. The smallest absolute Gasteiger partial charge is 0.296 e. The summed E-state index contributed by atoms with van der Waals surface area (Å²) < 4.78 is 277. The van der Waals surface area contributed by atoms with Crippen molar-refractivity contribution in [1.82, 2.24) is 0 Å². The van der Waals surface area contributed by atoms with Gasteiger partial charge in [-0.3, -0.25) is 61.2 Å². The topological polar surface area (TPSA) is 629 Å². The van der Waals surface area contributed by atoms with Crippen LogP contribution in [-0.2, 0) is 80.9 Å². The lowest BCUT2D eigenvalue weighted by Gasteiger charge is -2.14. The summed E-state index contributed by atoms with van der Waals surface area (Å²) in [5.41, 5.74) is -4.90. The number of nitroso groups, excluding NO2 is 2. The fourth-order valence-electron chi connectivity index (χ4n) is 9.06. The largest absolute Gasteiger partial charge is 0.594 e. The molecule has 0 aromatic heterocycles. The van der Waals surface area contributed by atoms with E-state index in [0.29, 0.717) is 48.6 Å². The second-order valence-corrected chi connectivity index (χ2v) is 31.7. The zero-order valence-corrected chi connectivity index (χ0v) is 56.9. The molecule has 0 radical (unpaired) electrons. The van der Waals surface area contributed by atoms with Crippen LogP contribution in [0.5, 0.6) is 0 Å². The zero-order chi connectivity index (χ0) is 76.5. The van der Waals surface area contributed by atoms with Gasteiger partial charge in [0.2, 0.25) is 15.8 Å². The number of hydrogen-bond acceptors (Lipinski definition) is 23. The minimum Gasteiger partial charge on any atom is -0.594 e. The molecule has 0 amide bonds. The van der Waals surface area contributed by atoms with Crippen LogP contribution in [0.2, 0.25) is 0 Å². The number of nitro groups is 2. The van der Waals surface area contributed by atoms with Crippen molar-refractivity contribution in [3.05, 3.63) is 254 Å². The highest BCUT2D eigenvalue weighted by Gasteiger charge is 2.29. The predicted molar refractivity (Wildman–Crippen MR) is 361 cm³/mol. The molecule has 0 saturated carbocycles. The molecule has 6 aromatic rings. The van der Waals surface area contributed by atoms with E-state index < -0.39 is 209 Å². The SMILES string of the molecule is O=[N+]([O-])c1ccc(/C=C/c2ccc([N+](=O)N=C3C=CC(=CC=C4C=CC([N+]([O-])=Nc5ccc(C=Cc6ccc([N-][N+](=O)c7ccc(/C=C/c8ccc([N+](=O)[O-])cc8S(=O)(=O)O)c(S(=O)(=O)O)c7)cc6S(=O)(=O)O)c(S(=O)(=O)O)c5)=CC4=S(=O)(O)O)C(S(=O)(=O)O)=C3)cc2S(=O)(=O)O)c(S(=O)(=O)O)c1. The minimum absolute atomic E-state index is 0.267. The molecular weight excluding hydrogens is 1540 g/mol. The van der Waals surface area contributed by atoms with E-state index >= 15 is 0 Å². The maximum atomic E-state index is 13.5. The molecule has 0 spiro atoms. The monoisotopic (exact) mass is 1580 g/mol. The summed E-state index contributed by atoms with van der Waals surface area (Å²) >= 11 is 0. The van der Waals surface area contributed by atoms with E-state index in [0.717, 1.165) is 146 Å². The number of non-ortho nitro benzene ring substituents is 2. The number of nitro benzene ring substituents is 2. The molecule has 39 nitrogen and oxygen atoms in total. The summed E-state index contributed by atoms with van der Waals surface area (Å²) in [4.78, 5) is 38.3. The van der Waals surface area contributed by atoms with Crippen molar-refractivity contribution >= 4 is 162 Å². The highest BCUT2D eigenvalue weighted by atomic mass is 32.3. The van der Waals surface area contributed by atoms with Crippen LogP contribution in [0.3, 0.4) is 0 Å². The highest BCUT2D eigenvalue weighted by molar-refractivity contribution is 7.92. The molecule has 2 aliphatic rings. The molecule has 103 heavy (non-hydrogen) atoms. The van der Waals surface area contributed by atoms with Crippen LogP contribution in [0.25, 0.3) is 41.9 Å². The lowest BCUT2D eigenvalue weighted by atomic mass is 10.0. The number of allylic oxidation sites excluding steroid dienone is 10. The van der Waals surface area contributed by atoms with E-state index in [9.17, 15) is 139 Å². The van der Waals surface area contributed by atoms with Gasteiger partial charge in [0, 0.05) is 75.6 Å². The lowest BCUT2D eigenvalue weighted by Crippen LogP contribution is -2.17. The minimum atomic E-state index is -5.31. The molecule has 0 atom stereocenters. The first kappa shape index (κ1) is 77.9. The quantitative estimate of drug-likeness (QED) is 0.00423. The Kier molecular flexibility index (Phi) is 22.1. The van der Waals surface area contributed by atoms with Crippen molar-refractivity contribution < 1.29 is 129 Å². The van der Waals surface area contributed by atoms with E-state index in [1.54, 1.807) is 0 Å². The Morgan fingerprint density at radius 1 is 0.379 bits per heavy atom. The molecule has 0 bridgehead atoms. The first-order valence-electron chi connectivity index (χ1n) is 27.0. The van der Waals surface area contributed by atoms with Gasteiger partial charge in [0.05, 0.1) is 24.7 Å². The molecule has 2 aliphatic carbocycles. The van der Waals surface area contributed by atoms with Gasteiger partial charge in [-0.1, -0.05) is 89.5 Å². The molecule has 0 unspecified atom stereocenters. The summed E-state index contributed by atoms with van der Waals surface area (Å²) in [6.45, 7) is 0. The van der Waals surface area contributed by atoms with Gasteiger partial charge in [-0.2, -0.15) is 58.9 Å². The Morgan fingerprint density at radius 3 is 1.16 bits per heavy atom. The summed E-state index contributed by atoms with van der Waals surface area (Å²) in [5.74, 6) is 0.